The van der Waals surface area contributed by atoms with Gasteiger partial charge in [-0.3, -0.25) is 0 Å². The third-order valence-corrected chi connectivity index (χ3v) is 5.64. The number of hydrogen-bond donors (Lipinski definition) is 0. The van der Waals surface area contributed by atoms with Crippen LogP contribution in [0.15, 0.2) is 29.2 Å². The second-order valence-electron chi connectivity index (χ2n) is 5.88. The van der Waals surface area contributed by atoms with Crippen LogP contribution in [0, 0.1) is 5.92 Å². The highest BCUT2D eigenvalue weighted by Gasteiger charge is 2.25. The highest BCUT2D eigenvalue weighted by atomic mass is 32.2. The molecule has 2 heterocycles. The summed E-state index contributed by atoms with van der Waals surface area (Å²) in [5, 5.41) is 0. The highest BCUT2D eigenvalue weighted by molar-refractivity contribution is 7.99. The Morgan fingerprint density at radius 3 is 3.06 bits per heavy atom. The van der Waals surface area contributed by atoms with Crippen LogP contribution in [-0.4, -0.2) is 30.3 Å². The van der Waals surface area contributed by atoms with Gasteiger partial charge in [0.1, 0.15) is 0 Å². The lowest BCUT2D eigenvalue weighted by molar-refractivity contribution is 0.270. The topological polar surface area (TPSA) is 3.24 Å². The molecule has 0 saturated carbocycles. The molecule has 0 aliphatic carbocycles. The van der Waals surface area contributed by atoms with Gasteiger partial charge < -0.3 is 4.90 Å². The first kappa shape index (κ1) is 12.6. The molecule has 0 bridgehead atoms. The summed E-state index contributed by atoms with van der Waals surface area (Å²) in [5.74, 6) is 2.98. The van der Waals surface area contributed by atoms with E-state index in [1.54, 1.807) is 5.56 Å². The molecule has 2 aliphatic rings. The molecule has 2 unspecified atom stereocenters. The standard InChI is InChI=1S/C16H23NS/c1-13-5-4-9-17(10-8-13)11-14-12-18-16-7-3-2-6-15(14)16/h2-3,6-7,13-14H,4-5,8-12H2,1H3. The van der Waals surface area contributed by atoms with Gasteiger partial charge in [-0.2, -0.15) is 0 Å². The van der Waals surface area contributed by atoms with Crippen molar-refractivity contribution >= 4 is 11.8 Å². The van der Waals surface area contributed by atoms with Crippen LogP contribution >= 0.6 is 11.8 Å². The maximum atomic E-state index is 2.71. The van der Waals surface area contributed by atoms with Crippen molar-refractivity contribution in [1.82, 2.24) is 4.90 Å². The monoisotopic (exact) mass is 261 g/mol. The molecule has 18 heavy (non-hydrogen) atoms. The summed E-state index contributed by atoms with van der Waals surface area (Å²) in [7, 11) is 0. The molecule has 2 atom stereocenters. The van der Waals surface area contributed by atoms with Crippen LogP contribution in [0.2, 0.25) is 0 Å². The second-order valence-corrected chi connectivity index (χ2v) is 6.94. The fourth-order valence-electron chi connectivity index (χ4n) is 3.20. The highest BCUT2D eigenvalue weighted by Crippen LogP contribution is 2.39. The maximum Gasteiger partial charge on any atom is 0.0108 e. The van der Waals surface area contributed by atoms with Crippen molar-refractivity contribution in [2.24, 2.45) is 5.92 Å². The summed E-state index contributed by atoms with van der Waals surface area (Å²) in [5.41, 5.74) is 1.60. The van der Waals surface area contributed by atoms with Crippen LogP contribution in [-0.2, 0) is 0 Å². The molecular weight excluding hydrogens is 238 g/mol. The molecule has 0 radical (unpaired) electrons. The summed E-state index contributed by atoms with van der Waals surface area (Å²) < 4.78 is 0. The predicted octanol–water partition coefficient (Wildman–Crippen LogP) is 4.00. The molecule has 0 N–H and O–H groups in total. The number of benzene rings is 1. The molecule has 1 nitrogen and oxygen atoms in total. The number of likely N-dealkylation sites (tertiary alicyclic amines) is 1. The smallest absolute Gasteiger partial charge is 0.0108 e. The van der Waals surface area contributed by atoms with Gasteiger partial charge in [0.25, 0.3) is 0 Å². The Hall–Kier alpha value is -0.470. The third kappa shape index (κ3) is 2.75. The Morgan fingerprint density at radius 2 is 2.11 bits per heavy atom. The fourth-order valence-corrected chi connectivity index (χ4v) is 4.44. The van der Waals surface area contributed by atoms with Gasteiger partial charge in [0.15, 0.2) is 0 Å². The zero-order chi connectivity index (χ0) is 12.4. The van der Waals surface area contributed by atoms with E-state index in [0.29, 0.717) is 0 Å². The summed E-state index contributed by atoms with van der Waals surface area (Å²) in [6.07, 6.45) is 4.21. The van der Waals surface area contributed by atoms with Gasteiger partial charge in [0.05, 0.1) is 0 Å². The van der Waals surface area contributed by atoms with Crippen LogP contribution in [0.5, 0.6) is 0 Å². The van der Waals surface area contributed by atoms with Gasteiger partial charge in [-0.1, -0.05) is 25.1 Å². The number of nitrogens with zero attached hydrogens (tertiary/aromatic N) is 1. The van der Waals surface area contributed by atoms with Crippen molar-refractivity contribution in [2.45, 2.75) is 37.0 Å². The molecule has 98 valence electrons. The number of fused-ring (bicyclic) bond motifs is 1. The van der Waals surface area contributed by atoms with Crippen LogP contribution in [0.3, 0.4) is 0 Å². The molecule has 3 rings (SSSR count). The zero-order valence-corrected chi connectivity index (χ0v) is 12.1. The van der Waals surface area contributed by atoms with Crippen LogP contribution in [0.25, 0.3) is 0 Å². The first-order chi connectivity index (χ1) is 8.83. The molecule has 1 aromatic carbocycles. The number of thioether (sulfide) groups is 1. The number of hydrogen-bond acceptors (Lipinski definition) is 2. The molecule has 1 saturated heterocycles. The van der Waals surface area contributed by atoms with E-state index in [-0.39, 0.29) is 0 Å². The van der Waals surface area contributed by atoms with Crippen molar-refractivity contribution in [1.29, 1.82) is 0 Å². The maximum absolute atomic E-state index is 2.71. The SMILES string of the molecule is CC1CCCN(CC2CSc3ccccc32)CC1. The first-order valence-electron chi connectivity index (χ1n) is 7.27. The molecule has 0 aromatic heterocycles. The van der Waals surface area contributed by atoms with Crippen molar-refractivity contribution in [3.8, 4) is 0 Å². The minimum atomic E-state index is 0.764. The molecule has 0 spiro atoms. The van der Waals surface area contributed by atoms with Crippen molar-refractivity contribution in [2.75, 3.05) is 25.4 Å². The molecule has 0 amide bonds. The first-order valence-corrected chi connectivity index (χ1v) is 8.25. The molecule has 2 heteroatoms. The lowest BCUT2D eigenvalue weighted by Crippen LogP contribution is -2.29. The third-order valence-electron chi connectivity index (χ3n) is 4.39. The van der Waals surface area contributed by atoms with Gasteiger partial charge in [-0.05, 0) is 49.9 Å². The second kappa shape index (κ2) is 5.66. The minimum absolute atomic E-state index is 0.764. The molecular formula is C16H23NS. The van der Waals surface area contributed by atoms with E-state index in [4.69, 9.17) is 0 Å². The van der Waals surface area contributed by atoms with Crippen LogP contribution in [0.1, 0.15) is 37.7 Å². The average Bonchev–Trinajstić information content (AvgIpc) is 2.67. The van der Waals surface area contributed by atoms with Gasteiger partial charge >= 0.3 is 0 Å². The quantitative estimate of drug-likeness (QED) is 0.791. The Bertz CT molecular complexity index is 404. The lowest BCUT2D eigenvalue weighted by Gasteiger charge is -2.24. The van der Waals surface area contributed by atoms with E-state index in [1.165, 1.54) is 49.5 Å². The summed E-state index contributed by atoms with van der Waals surface area (Å²) >= 11 is 2.04. The summed E-state index contributed by atoms with van der Waals surface area (Å²) in [4.78, 5) is 4.22. The van der Waals surface area contributed by atoms with E-state index < -0.39 is 0 Å². The number of rotatable bonds is 2. The zero-order valence-electron chi connectivity index (χ0n) is 11.3. The van der Waals surface area contributed by atoms with Crippen LogP contribution in [0.4, 0.5) is 0 Å². The Balaban J connectivity index is 1.64. The normalized spacial score (nSPS) is 28.9. The largest absolute Gasteiger partial charge is 0.303 e. The Labute approximate surface area is 115 Å². The van der Waals surface area contributed by atoms with Crippen LogP contribution < -0.4 is 0 Å². The van der Waals surface area contributed by atoms with E-state index >= 15 is 0 Å². The minimum Gasteiger partial charge on any atom is -0.303 e. The van der Waals surface area contributed by atoms with Gasteiger partial charge in [0, 0.05) is 23.1 Å². The predicted molar refractivity (Wildman–Crippen MR) is 79.4 cm³/mol. The Morgan fingerprint density at radius 1 is 1.22 bits per heavy atom. The van der Waals surface area contributed by atoms with Crippen molar-refractivity contribution in [3.63, 3.8) is 0 Å². The lowest BCUT2D eigenvalue weighted by atomic mass is 10.0. The van der Waals surface area contributed by atoms with E-state index in [2.05, 4.69) is 36.1 Å². The van der Waals surface area contributed by atoms with Gasteiger partial charge in [-0.15, -0.1) is 11.8 Å². The summed E-state index contributed by atoms with van der Waals surface area (Å²) in [6.45, 7) is 6.30. The van der Waals surface area contributed by atoms with E-state index in [9.17, 15) is 0 Å². The average molecular weight is 261 g/mol. The van der Waals surface area contributed by atoms with Crippen molar-refractivity contribution < 1.29 is 0 Å². The van der Waals surface area contributed by atoms with Gasteiger partial charge in [0.2, 0.25) is 0 Å². The fraction of sp³-hybridized carbons (Fsp3) is 0.625. The van der Waals surface area contributed by atoms with Gasteiger partial charge in [-0.25, -0.2) is 0 Å². The summed E-state index contributed by atoms with van der Waals surface area (Å²) in [6, 6.07) is 8.98. The van der Waals surface area contributed by atoms with E-state index in [0.717, 1.165) is 11.8 Å². The molecule has 1 fully saturated rings. The molecule has 1 aromatic rings. The van der Waals surface area contributed by atoms with Crippen molar-refractivity contribution in [3.05, 3.63) is 29.8 Å². The Kier molecular flexibility index (Phi) is 3.95. The molecule has 2 aliphatic heterocycles. The van der Waals surface area contributed by atoms with E-state index in [1.807, 2.05) is 11.8 Å².